The second-order valence-electron chi connectivity index (χ2n) is 9.84. The second kappa shape index (κ2) is 14.3. The third kappa shape index (κ3) is 8.56. The van der Waals surface area contributed by atoms with Crippen molar-refractivity contribution in [2.45, 2.75) is 36.4 Å². The van der Waals surface area contributed by atoms with Crippen LogP contribution in [-0.2, 0) is 21.4 Å². The smallest absolute Gasteiger partial charge is 0.323 e. The van der Waals surface area contributed by atoms with Gasteiger partial charge in [0.1, 0.15) is 17.8 Å². The first-order valence-corrected chi connectivity index (χ1v) is 15.1. The van der Waals surface area contributed by atoms with Crippen LogP contribution in [-0.4, -0.2) is 61.0 Å². The Labute approximate surface area is 250 Å². The molecule has 1 saturated heterocycles. The van der Waals surface area contributed by atoms with Crippen LogP contribution in [0.3, 0.4) is 0 Å². The lowest BCUT2D eigenvalue weighted by Gasteiger charge is -2.26. The zero-order valence-electron chi connectivity index (χ0n) is 23.3. The van der Waals surface area contributed by atoms with Crippen molar-refractivity contribution < 1.29 is 27.9 Å². The number of hydrogen-bond acceptors (Lipinski definition) is 6. The summed E-state index contributed by atoms with van der Waals surface area (Å²) in [5, 5.41) is 23.2. The number of aliphatic hydroxyl groups excluding tert-OH is 1. The maximum atomic E-state index is 13.5. The quantitative estimate of drug-likeness (QED) is 0.183. The number of benzene rings is 3. The van der Waals surface area contributed by atoms with Gasteiger partial charge in [-0.05, 0) is 54.8 Å². The third-order valence-electron chi connectivity index (χ3n) is 6.74. The number of para-hydroxylation sites is 1. The van der Waals surface area contributed by atoms with E-state index in [0.717, 1.165) is 9.87 Å². The van der Waals surface area contributed by atoms with Crippen molar-refractivity contribution in [2.75, 3.05) is 23.7 Å². The molecule has 0 spiro atoms. The van der Waals surface area contributed by atoms with Crippen LogP contribution in [0.5, 0.6) is 0 Å². The van der Waals surface area contributed by atoms with Gasteiger partial charge < -0.3 is 31.7 Å². The highest BCUT2D eigenvalue weighted by atomic mass is 32.2. The van der Waals surface area contributed by atoms with Gasteiger partial charge in [-0.3, -0.25) is 4.79 Å². The molecule has 1 aliphatic rings. The van der Waals surface area contributed by atoms with E-state index in [-0.39, 0.29) is 36.7 Å². The Hall–Kier alpha value is -4.88. The lowest BCUT2D eigenvalue weighted by molar-refractivity contribution is -0.124. The maximum absolute atomic E-state index is 13.5. The van der Waals surface area contributed by atoms with Crippen molar-refractivity contribution in [2.24, 2.45) is 0 Å². The molecule has 2 atom stereocenters. The number of carbonyl (C=O) groups is 3. The Balaban J connectivity index is 1.33. The van der Waals surface area contributed by atoms with Crippen LogP contribution in [0, 0.1) is 0 Å². The van der Waals surface area contributed by atoms with E-state index in [1.54, 1.807) is 24.3 Å². The van der Waals surface area contributed by atoms with Gasteiger partial charge in [0.25, 0.3) is 0 Å². The van der Waals surface area contributed by atoms with Gasteiger partial charge in [0.05, 0.1) is 4.90 Å². The maximum Gasteiger partial charge on any atom is 0.323 e. The first kappa shape index (κ1) is 31.1. The normalized spacial score (nSPS) is 15.6. The zero-order valence-corrected chi connectivity index (χ0v) is 24.1. The lowest BCUT2D eigenvalue weighted by atomic mass is 10.2. The standard InChI is InChI=1S/C30H34N6O6S/c1-21(37)26(20-32-29(39)31-19-22-9-4-2-5-10-22)35-28(38)27-13-8-18-36(27)43(41,42)25-16-14-24(15-17-25)34-30(40)33-23-11-6-3-7-12-23/h2-7,9-12,14-17,26-27,37H,1,8,13,18-20H2,(H,35,38)(H2,31,32,39)(H2,33,34,40)/t26-,27-/m0/s1. The molecule has 0 radical (unpaired) electrons. The first-order valence-electron chi connectivity index (χ1n) is 13.6. The lowest BCUT2D eigenvalue weighted by Crippen LogP contribution is -2.52. The highest BCUT2D eigenvalue weighted by Gasteiger charge is 2.40. The average Bonchev–Trinajstić information content (AvgIpc) is 3.51. The fourth-order valence-corrected chi connectivity index (χ4v) is 6.16. The van der Waals surface area contributed by atoms with Crippen LogP contribution < -0.4 is 26.6 Å². The average molecular weight is 607 g/mol. The zero-order chi connectivity index (χ0) is 30.8. The predicted molar refractivity (Wildman–Crippen MR) is 163 cm³/mol. The fraction of sp³-hybridized carbons (Fsp3) is 0.233. The Kier molecular flexibility index (Phi) is 10.4. The molecule has 43 heavy (non-hydrogen) atoms. The summed E-state index contributed by atoms with van der Waals surface area (Å²) in [6.45, 7) is 3.74. The molecule has 4 rings (SSSR count). The number of carbonyl (C=O) groups excluding carboxylic acids is 3. The minimum absolute atomic E-state index is 0.0407. The molecule has 1 heterocycles. The van der Waals surface area contributed by atoms with E-state index in [0.29, 0.717) is 17.8 Å². The van der Waals surface area contributed by atoms with Crippen molar-refractivity contribution >= 4 is 39.4 Å². The highest BCUT2D eigenvalue weighted by molar-refractivity contribution is 7.89. The van der Waals surface area contributed by atoms with E-state index in [9.17, 15) is 27.9 Å². The summed E-state index contributed by atoms with van der Waals surface area (Å²) in [5.41, 5.74) is 1.88. The molecule has 0 unspecified atom stereocenters. The third-order valence-corrected chi connectivity index (χ3v) is 8.66. The molecule has 0 saturated carbocycles. The van der Waals surface area contributed by atoms with E-state index >= 15 is 0 Å². The van der Waals surface area contributed by atoms with Crippen molar-refractivity contribution in [1.29, 1.82) is 0 Å². The van der Waals surface area contributed by atoms with Gasteiger partial charge >= 0.3 is 12.1 Å². The number of nitrogens with one attached hydrogen (secondary N) is 5. The minimum atomic E-state index is -4.06. The monoisotopic (exact) mass is 606 g/mol. The van der Waals surface area contributed by atoms with E-state index in [2.05, 4.69) is 33.2 Å². The molecule has 5 amide bonds. The van der Waals surface area contributed by atoms with Gasteiger partial charge in [0, 0.05) is 31.0 Å². The summed E-state index contributed by atoms with van der Waals surface area (Å²) < 4.78 is 28.0. The number of amides is 5. The molecular formula is C30H34N6O6S. The van der Waals surface area contributed by atoms with Crippen LogP contribution >= 0.6 is 0 Å². The van der Waals surface area contributed by atoms with Crippen LogP contribution in [0.2, 0.25) is 0 Å². The number of anilines is 2. The van der Waals surface area contributed by atoms with Gasteiger partial charge in [-0.15, -0.1) is 0 Å². The SMILES string of the molecule is C=C(O)[C@H](CNC(=O)NCc1ccccc1)NC(=O)[C@@H]1CCCN1S(=O)(=O)c1ccc(NC(=O)Nc2ccccc2)cc1. The largest absolute Gasteiger partial charge is 0.511 e. The van der Waals surface area contributed by atoms with Crippen LogP contribution in [0.25, 0.3) is 0 Å². The topological polar surface area (TPSA) is 169 Å². The Morgan fingerprint density at radius 3 is 2.09 bits per heavy atom. The number of nitrogens with zero attached hydrogens (tertiary/aromatic N) is 1. The molecule has 3 aromatic carbocycles. The van der Waals surface area contributed by atoms with E-state index in [1.165, 1.54) is 24.3 Å². The molecule has 1 aliphatic heterocycles. The van der Waals surface area contributed by atoms with Gasteiger partial charge in [-0.25, -0.2) is 18.0 Å². The highest BCUT2D eigenvalue weighted by Crippen LogP contribution is 2.27. The summed E-state index contributed by atoms with van der Waals surface area (Å²) in [6, 6.07) is 20.7. The number of urea groups is 2. The summed E-state index contributed by atoms with van der Waals surface area (Å²) in [6.07, 6.45) is 0.738. The van der Waals surface area contributed by atoms with E-state index in [1.807, 2.05) is 36.4 Å². The Bertz CT molecular complexity index is 1530. The minimum Gasteiger partial charge on any atom is -0.511 e. The van der Waals surface area contributed by atoms with Crippen molar-refractivity contribution in [3.8, 4) is 0 Å². The van der Waals surface area contributed by atoms with E-state index < -0.39 is 40.1 Å². The molecule has 3 aromatic rings. The molecule has 13 heteroatoms. The number of rotatable bonds is 11. The van der Waals surface area contributed by atoms with Crippen molar-refractivity contribution in [1.82, 2.24) is 20.3 Å². The Morgan fingerprint density at radius 2 is 1.47 bits per heavy atom. The second-order valence-corrected chi connectivity index (χ2v) is 11.7. The van der Waals surface area contributed by atoms with Gasteiger partial charge in [-0.1, -0.05) is 55.1 Å². The number of hydrogen-bond donors (Lipinski definition) is 6. The van der Waals surface area contributed by atoms with Gasteiger partial charge in [0.15, 0.2) is 0 Å². The summed E-state index contributed by atoms with van der Waals surface area (Å²) in [4.78, 5) is 37.6. The predicted octanol–water partition coefficient (Wildman–Crippen LogP) is 3.54. The van der Waals surface area contributed by atoms with E-state index in [4.69, 9.17) is 0 Å². The molecular weight excluding hydrogens is 572 g/mol. The van der Waals surface area contributed by atoms with Gasteiger partial charge in [-0.2, -0.15) is 4.31 Å². The molecule has 0 aliphatic carbocycles. The van der Waals surface area contributed by atoms with Crippen LogP contribution in [0.1, 0.15) is 18.4 Å². The van der Waals surface area contributed by atoms with Gasteiger partial charge in [0.2, 0.25) is 15.9 Å². The molecule has 0 bridgehead atoms. The molecule has 12 nitrogen and oxygen atoms in total. The summed E-state index contributed by atoms with van der Waals surface area (Å²) in [5.74, 6) is -1.01. The fourth-order valence-electron chi connectivity index (χ4n) is 4.51. The summed E-state index contributed by atoms with van der Waals surface area (Å²) in [7, 11) is -4.06. The molecule has 1 fully saturated rings. The van der Waals surface area contributed by atoms with Crippen LogP contribution in [0.4, 0.5) is 21.0 Å². The molecule has 0 aromatic heterocycles. The summed E-state index contributed by atoms with van der Waals surface area (Å²) >= 11 is 0. The number of sulfonamides is 1. The molecule has 226 valence electrons. The Morgan fingerprint density at radius 1 is 0.860 bits per heavy atom. The van der Waals surface area contributed by atoms with Crippen molar-refractivity contribution in [3.05, 3.63) is 103 Å². The number of aliphatic hydroxyl groups is 1. The first-order chi connectivity index (χ1) is 20.6. The molecule has 6 N–H and O–H groups in total. The van der Waals surface area contributed by atoms with Crippen molar-refractivity contribution in [3.63, 3.8) is 0 Å². The van der Waals surface area contributed by atoms with Crippen LogP contribution in [0.15, 0.2) is 102 Å².